The van der Waals surface area contributed by atoms with Crippen LogP contribution in [0.15, 0.2) is 24.0 Å². The smallest absolute Gasteiger partial charge is 0.194 e. The van der Waals surface area contributed by atoms with Crippen LogP contribution in [0.1, 0.15) is 30.1 Å². The average molecular weight is 303 g/mol. The van der Waals surface area contributed by atoms with Gasteiger partial charge in [-0.1, -0.05) is 0 Å². The third-order valence-corrected chi connectivity index (χ3v) is 4.53. The van der Waals surface area contributed by atoms with Crippen molar-refractivity contribution >= 4 is 22.0 Å². The molecule has 4 rings (SSSR count). The third-order valence-electron chi connectivity index (χ3n) is 3.78. The maximum absolute atomic E-state index is 8.92. The van der Waals surface area contributed by atoms with Gasteiger partial charge in [-0.15, -0.1) is 11.3 Å². The van der Waals surface area contributed by atoms with Gasteiger partial charge in [-0.05, 0) is 12.8 Å². The second-order valence-electron chi connectivity index (χ2n) is 5.34. The van der Waals surface area contributed by atoms with Crippen LogP contribution in [0.5, 0.6) is 0 Å². The lowest BCUT2D eigenvalue weighted by Gasteiger charge is -2.05. The Bertz CT molecular complexity index is 754. The standard InChI is InChI=1S/C14H17N5OS/c20-5-3-18-9-11(7-16-18)15-8-12-13(10-1-2-10)17-14-19(12)4-6-21-14/h4,6-7,9-10,15,20H,1-3,5,8H2. The molecule has 3 heterocycles. The van der Waals surface area contributed by atoms with E-state index in [0.29, 0.717) is 12.5 Å². The van der Waals surface area contributed by atoms with Crippen LogP contribution in [-0.4, -0.2) is 30.9 Å². The van der Waals surface area contributed by atoms with Crippen molar-refractivity contribution in [3.8, 4) is 0 Å². The molecule has 2 N–H and O–H groups in total. The van der Waals surface area contributed by atoms with E-state index in [1.165, 1.54) is 24.2 Å². The molecule has 0 spiro atoms. The normalized spacial score (nSPS) is 14.9. The van der Waals surface area contributed by atoms with E-state index in [4.69, 9.17) is 10.1 Å². The van der Waals surface area contributed by atoms with E-state index in [1.807, 2.05) is 6.20 Å². The molecule has 0 amide bonds. The van der Waals surface area contributed by atoms with Gasteiger partial charge in [0, 0.05) is 23.7 Å². The number of nitrogens with one attached hydrogen (secondary N) is 1. The van der Waals surface area contributed by atoms with Crippen molar-refractivity contribution in [2.75, 3.05) is 11.9 Å². The first-order chi connectivity index (χ1) is 10.3. The maximum Gasteiger partial charge on any atom is 0.194 e. The molecule has 6 nitrogen and oxygen atoms in total. The van der Waals surface area contributed by atoms with Gasteiger partial charge in [0.2, 0.25) is 0 Å². The fraction of sp³-hybridized carbons (Fsp3) is 0.429. The molecule has 0 radical (unpaired) electrons. The van der Waals surface area contributed by atoms with Crippen molar-refractivity contribution in [1.82, 2.24) is 19.2 Å². The number of hydrogen-bond acceptors (Lipinski definition) is 5. The highest BCUT2D eigenvalue weighted by Crippen LogP contribution is 2.41. The van der Waals surface area contributed by atoms with Crippen LogP contribution in [-0.2, 0) is 13.1 Å². The molecule has 3 aromatic rings. The Morgan fingerprint density at radius 2 is 2.33 bits per heavy atom. The third kappa shape index (κ3) is 2.43. The molecular weight excluding hydrogens is 286 g/mol. The SMILES string of the molecule is OCCn1cc(NCc2c(C3CC3)nc3sccn23)cn1. The molecule has 110 valence electrons. The monoisotopic (exact) mass is 303 g/mol. The summed E-state index contributed by atoms with van der Waals surface area (Å²) in [6, 6.07) is 0. The van der Waals surface area contributed by atoms with Gasteiger partial charge in [0.15, 0.2) is 4.96 Å². The largest absolute Gasteiger partial charge is 0.394 e. The zero-order valence-corrected chi connectivity index (χ0v) is 12.4. The summed E-state index contributed by atoms with van der Waals surface area (Å²) in [5, 5.41) is 18.6. The summed E-state index contributed by atoms with van der Waals surface area (Å²) < 4.78 is 3.92. The van der Waals surface area contributed by atoms with Crippen molar-refractivity contribution in [2.24, 2.45) is 0 Å². The lowest BCUT2D eigenvalue weighted by Crippen LogP contribution is -2.04. The Balaban J connectivity index is 1.55. The first kappa shape index (κ1) is 12.8. The van der Waals surface area contributed by atoms with Crippen LogP contribution >= 0.6 is 11.3 Å². The van der Waals surface area contributed by atoms with E-state index in [0.717, 1.165) is 17.2 Å². The van der Waals surface area contributed by atoms with Crippen molar-refractivity contribution in [3.63, 3.8) is 0 Å². The van der Waals surface area contributed by atoms with E-state index in [1.54, 1.807) is 22.2 Å². The molecule has 0 unspecified atom stereocenters. The summed E-state index contributed by atoms with van der Waals surface area (Å²) in [6.45, 7) is 1.37. The molecule has 21 heavy (non-hydrogen) atoms. The molecule has 1 aliphatic carbocycles. The molecule has 1 fully saturated rings. The number of aliphatic hydroxyl groups excluding tert-OH is 1. The maximum atomic E-state index is 8.92. The molecule has 0 aromatic carbocycles. The van der Waals surface area contributed by atoms with Gasteiger partial charge in [0.1, 0.15) is 0 Å². The van der Waals surface area contributed by atoms with Crippen molar-refractivity contribution in [1.29, 1.82) is 0 Å². The zero-order valence-electron chi connectivity index (χ0n) is 11.6. The fourth-order valence-corrected chi connectivity index (χ4v) is 3.31. The first-order valence-electron chi connectivity index (χ1n) is 7.16. The Morgan fingerprint density at radius 3 is 3.14 bits per heavy atom. The van der Waals surface area contributed by atoms with Gasteiger partial charge in [-0.2, -0.15) is 5.10 Å². The number of aliphatic hydroxyl groups is 1. The summed E-state index contributed by atoms with van der Waals surface area (Å²) in [5.74, 6) is 0.644. The van der Waals surface area contributed by atoms with Crippen LogP contribution in [0, 0.1) is 0 Å². The summed E-state index contributed by atoms with van der Waals surface area (Å²) in [7, 11) is 0. The molecule has 0 saturated heterocycles. The summed E-state index contributed by atoms with van der Waals surface area (Å²) >= 11 is 1.68. The van der Waals surface area contributed by atoms with Gasteiger partial charge >= 0.3 is 0 Å². The number of hydrogen-bond donors (Lipinski definition) is 2. The number of anilines is 1. The Morgan fingerprint density at radius 1 is 1.43 bits per heavy atom. The lowest BCUT2D eigenvalue weighted by molar-refractivity contribution is 0.269. The predicted molar refractivity (Wildman–Crippen MR) is 81.7 cm³/mol. The number of thiazole rings is 1. The number of imidazole rings is 1. The molecule has 0 bridgehead atoms. The first-order valence-corrected chi connectivity index (χ1v) is 8.04. The summed E-state index contributed by atoms with van der Waals surface area (Å²) in [5.41, 5.74) is 3.47. The quantitative estimate of drug-likeness (QED) is 0.731. The average Bonchev–Trinajstić information content (AvgIpc) is 2.92. The summed E-state index contributed by atoms with van der Waals surface area (Å²) in [6.07, 6.45) is 8.31. The van der Waals surface area contributed by atoms with E-state index >= 15 is 0 Å². The highest BCUT2D eigenvalue weighted by atomic mass is 32.1. The molecule has 7 heteroatoms. The van der Waals surface area contributed by atoms with Crippen LogP contribution in [0.3, 0.4) is 0 Å². The lowest BCUT2D eigenvalue weighted by atomic mass is 10.2. The Labute approximate surface area is 126 Å². The molecule has 3 aromatic heterocycles. The second kappa shape index (κ2) is 5.16. The van der Waals surface area contributed by atoms with Crippen molar-refractivity contribution in [3.05, 3.63) is 35.4 Å². The minimum atomic E-state index is 0.102. The number of fused-ring (bicyclic) bond motifs is 1. The van der Waals surface area contributed by atoms with Crippen molar-refractivity contribution in [2.45, 2.75) is 31.8 Å². The Kier molecular flexibility index (Phi) is 3.16. The van der Waals surface area contributed by atoms with Crippen LogP contribution in [0.25, 0.3) is 4.96 Å². The molecule has 1 saturated carbocycles. The minimum absolute atomic E-state index is 0.102. The molecular formula is C14H17N5OS. The Hall–Kier alpha value is -1.86. The van der Waals surface area contributed by atoms with Crippen LogP contribution in [0.4, 0.5) is 5.69 Å². The van der Waals surface area contributed by atoms with Gasteiger partial charge in [0.25, 0.3) is 0 Å². The minimum Gasteiger partial charge on any atom is -0.394 e. The highest BCUT2D eigenvalue weighted by molar-refractivity contribution is 7.15. The summed E-state index contributed by atoms with van der Waals surface area (Å²) in [4.78, 5) is 5.84. The topological polar surface area (TPSA) is 67.4 Å². The molecule has 0 atom stereocenters. The molecule has 1 aliphatic rings. The highest BCUT2D eigenvalue weighted by Gasteiger charge is 2.30. The van der Waals surface area contributed by atoms with Gasteiger partial charge in [-0.3, -0.25) is 9.08 Å². The van der Waals surface area contributed by atoms with Crippen LogP contribution in [0.2, 0.25) is 0 Å². The van der Waals surface area contributed by atoms with E-state index in [2.05, 4.69) is 26.4 Å². The van der Waals surface area contributed by atoms with Crippen LogP contribution < -0.4 is 5.32 Å². The van der Waals surface area contributed by atoms with Gasteiger partial charge in [-0.25, -0.2) is 4.98 Å². The van der Waals surface area contributed by atoms with Gasteiger partial charge in [0.05, 0.1) is 43.0 Å². The number of rotatable bonds is 6. The van der Waals surface area contributed by atoms with Gasteiger partial charge < -0.3 is 10.4 Å². The van der Waals surface area contributed by atoms with E-state index in [9.17, 15) is 0 Å². The van der Waals surface area contributed by atoms with E-state index in [-0.39, 0.29) is 6.61 Å². The van der Waals surface area contributed by atoms with Crippen molar-refractivity contribution < 1.29 is 5.11 Å². The second-order valence-corrected chi connectivity index (χ2v) is 6.22. The zero-order chi connectivity index (χ0) is 14.2. The number of nitrogens with zero attached hydrogens (tertiary/aromatic N) is 4. The predicted octanol–water partition coefficient (Wildman–Crippen LogP) is 2.07. The molecule has 0 aliphatic heterocycles. The fourth-order valence-electron chi connectivity index (χ4n) is 2.57. The van der Waals surface area contributed by atoms with E-state index < -0.39 is 0 Å². The number of aromatic nitrogens is 4.